The highest BCUT2D eigenvalue weighted by atomic mass is 35.5. The fraction of sp³-hybridized carbons (Fsp3) is 0.462. The summed E-state index contributed by atoms with van der Waals surface area (Å²) >= 11 is 12.3. The SMILES string of the molecule is CCS(=O)(=O)c1ccc(Cl)cc1CNC(=O)c1cc(Cl)c(CN2CCC[C@H](NCC(=O)CN)C2)c(C(F)(F)F)c1. The van der Waals surface area contributed by atoms with Crippen LogP contribution in [0.3, 0.4) is 0 Å². The van der Waals surface area contributed by atoms with Crippen molar-refractivity contribution in [1.82, 2.24) is 15.5 Å². The Kier molecular flexibility index (Phi) is 11.0. The van der Waals surface area contributed by atoms with Gasteiger partial charge in [0, 0.05) is 41.3 Å². The maximum Gasteiger partial charge on any atom is 0.416 e. The number of alkyl halides is 3. The summed E-state index contributed by atoms with van der Waals surface area (Å²) in [5.74, 6) is -1.20. The number of likely N-dealkylation sites (tertiary alicyclic amines) is 1. The molecule has 0 aromatic heterocycles. The van der Waals surface area contributed by atoms with E-state index in [2.05, 4.69) is 10.6 Å². The lowest BCUT2D eigenvalue weighted by Crippen LogP contribution is -2.47. The van der Waals surface area contributed by atoms with E-state index in [1.54, 1.807) is 0 Å². The topological polar surface area (TPSA) is 122 Å². The van der Waals surface area contributed by atoms with Crippen LogP contribution < -0.4 is 16.4 Å². The van der Waals surface area contributed by atoms with Crippen LogP contribution in [0.2, 0.25) is 10.0 Å². The summed E-state index contributed by atoms with van der Waals surface area (Å²) in [4.78, 5) is 26.2. The number of hydrogen-bond acceptors (Lipinski definition) is 7. The number of ketones is 1. The molecule has 1 aliphatic heterocycles. The third-order valence-electron chi connectivity index (χ3n) is 6.64. The summed E-state index contributed by atoms with van der Waals surface area (Å²) in [6.45, 7) is 2.05. The number of rotatable bonds is 11. The molecule has 0 aliphatic carbocycles. The van der Waals surface area contributed by atoms with Crippen LogP contribution in [0.15, 0.2) is 35.2 Å². The second-order valence-corrected chi connectivity index (χ2v) is 12.6. The summed E-state index contributed by atoms with van der Waals surface area (Å²) in [6, 6.07) is 5.95. The molecular formula is C26H31Cl2F3N4O4S. The molecular weight excluding hydrogens is 592 g/mol. The molecule has 1 heterocycles. The average molecular weight is 624 g/mol. The molecule has 1 atom stereocenters. The number of sulfone groups is 1. The fourth-order valence-electron chi connectivity index (χ4n) is 4.52. The van der Waals surface area contributed by atoms with E-state index in [1.807, 2.05) is 4.90 Å². The zero-order valence-electron chi connectivity index (χ0n) is 21.8. The van der Waals surface area contributed by atoms with Gasteiger partial charge in [0.1, 0.15) is 0 Å². The van der Waals surface area contributed by atoms with Crippen LogP contribution in [0, 0.1) is 0 Å². The first-order chi connectivity index (χ1) is 18.7. The van der Waals surface area contributed by atoms with Gasteiger partial charge in [0.15, 0.2) is 15.6 Å². The Hall–Kier alpha value is -2.22. The van der Waals surface area contributed by atoms with E-state index in [9.17, 15) is 31.2 Å². The highest BCUT2D eigenvalue weighted by Gasteiger charge is 2.36. The van der Waals surface area contributed by atoms with Crippen LogP contribution in [0.5, 0.6) is 0 Å². The zero-order valence-corrected chi connectivity index (χ0v) is 24.1. The molecule has 0 bridgehead atoms. The van der Waals surface area contributed by atoms with Gasteiger partial charge in [0.2, 0.25) is 0 Å². The van der Waals surface area contributed by atoms with Gasteiger partial charge in [-0.15, -0.1) is 0 Å². The Labute approximate surface area is 241 Å². The molecule has 8 nitrogen and oxygen atoms in total. The number of carbonyl (C=O) groups is 2. The van der Waals surface area contributed by atoms with Gasteiger partial charge in [-0.1, -0.05) is 30.1 Å². The molecule has 0 radical (unpaired) electrons. The van der Waals surface area contributed by atoms with E-state index < -0.39 is 27.5 Å². The molecule has 14 heteroatoms. The number of benzene rings is 2. The van der Waals surface area contributed by atoms with Crippen molar-refractivity contribution in [2.45, 2.75) is 50.0 Å². The molecule has 2 aromatic rings. The van der Waals surface area contributed by atoms with Crippen molar-refractivity contribution in [2.24, 2.45) is 5.73 Å². The minimum Gasteiger partial charge on any atom is -0.348 e. The Bertz CT molecular complexity index is 1360. The van der Waals surface area contributed by atoms with Gasteiger partial charge >= 0.3 is 6.18 Å². The molecule has 4 N–H and O–H groups in total. The van der Waals surface area contributed by atoms with E-state index in [-0.39, 0.29) is 75.4 Å². The second kappa shape index (κ2) is 13.6. The number of nitrogens with zero attached hydrogens (tertiary/aromatic N) is 1. The van der Waals surface area contributed by atoms with Crippen LogP contribution in [0.1, 0.15) is 46.8 Å². The van der Waals surface area contributed by atoms with E-state index in [1.165, 1.54) is 31.2 Å². The van der Waals surface area contributed by atoms with Crippen LogP contribution >= 0.6 is 23.2 Å². The van der Waals surface area contributed by atoms with Crippen molar-refractivity contribution in [3.63, 3.8) is 0 Å². The maximum absolute atomic E-state index is 14.1. The van der Waals surface area contributed by atoms with Crippen molar-refractivity contribution in [2.75, 3.05) is 31.9 Å². The van der Waals surface area contributed by atoms with Gasteiger partial charge in [-0.3, -0.25) is 14.5 Å². The van der Waals surface area contributed by atoms with Crippen molar-refractivity contribution < 1.29 is 31.2 Å². The van der Waals surface area contributed by atoms with Crippen LogP contribution in [-0.4, -0.2) is 63.0 Å². The number of hydrogen-bond donors (Lipinski definition) is 3. The van der Waals surface area contributed by atoms with Gasteiger partial charge in [-0.05, 0) is 60.8 Å². The minimum absolute atomic E-state index is 0.0224. The zero-order chi connectivity index (χ0) is 29.7. The quantitative estimate of drug-likeness (QED) is 0.348. The predicted octanol–water partition coefficient (Wildman–Crippen LogP) is 3.82. The highest BCUT2D eigenvalue weighted by Crippen LogP contribution is 2.37. The lowest BCUT2D eigenvalue weighted by Gasteiger charge is -2.34. The summed E-state index contributed by atoms with van der Waals surface area (Å²) < 4.78 is 67.2. The molecule has 0 spiro atoms. The number of amides is 1. The third kappa shape index (κ3) is 8.40. The van der Waals surface area contributed by atoms with Gasteiger partial charge in [-0.2, -0.15) is 13.2 Å². The molecule has 0 unspecified atom stereocenters. The van der Waals surface area contributed by atoms with Crippen molar-refractivity contribution >= 4 is 44.7 Å². The van der Waals surface area contributed by atoms with Crippen molar-refractivity contribution in [3.05, 3.63) is 62.6 Å². The van der Waals surface area contributed by atoms with Gasteiger partial charge in [0.25, 0.3) is 5.91 Å². The molecule has 40 heavy (non-hydrogen) atoms. The minimum atomic E-state index is -4.79. The maximum atomic E-state index is 14.1. The molecule has 1 amide bonds. The molecule has 1 aliphatic rings. The Morgan fingerprint density at radius 3 is 2.55 bits per heavy atom. The summed E-state index contributed by atoms with van der Waals surface area (Å²) in [5.41, 5.74) is 4.03. The van der Waals surface area contributed by atoms with Gasteiger partial charge in [-0.25, -0.2) is 8.42 Å². The van der Waals surface area contributed by atoms with Crippen LogP contribution in [0.25, 0.3) is 0 Å². The van der Waals surface area contributed by atoms with Gasteiger partial charge < -0.3 is 16.4 Å². The lowest BCUT2D eigenvalue weighted by molar-refractivity contribution is -0.138. The second-order valence-electron chi connectivity index (χ2n) is 9.52. The van der Waals surface area contributed by atoms with Crippen LogP contribution in [-0.2, 0) is 33.9 Å². The first-order valence-electron chi connectivity index (χ1n) is 12.6. The lowest BCUT2D eigenvalue weighted by atomic mass is 9.99. The largest absolute Gasteiger partial charge is 0.416 e. The summed E-state index contributed by atoms with van der Waals surface area (Å²) in [6.07, 6.45) is -3.31. The summed E-state index contributed by atoms with van der Waals surface area (Å²) in [7, 11) is -3.64. The van der Waals surface area contributed by atoms with E-state index >= 15 is 0 Å². The van der Waals surface area contributed by atoms with E-state index in [0.717, 1.165) is 12.5 Å². The first-order valence-corrected chi connectivity index (χ1v) is 15.0. The van der Waals surface area contributed by atoms with E-state index in [4.69, 9.17) is 28.9 Å². The molecule has 1 fully saturated rings. The third-order valence-corrected chi connectivity index (χ3v) is 9.04. The summed E-state index contributed by atoms with van der Waals surface area (Å²) in [5, 5.41) is 5.60. The fourth-order valence-corrected chi connectivity index (χ4v) is 6.11. The van der Waals surface area contributed by atoms with Crippen molar-refractivity contribution in [3.8, 4) is 0 Å². The van der Waals surface area contributed by atoms with Gasteiger partial charge in [0.05, 0.1) is 29.3 Å². The standard InChI is InChI=1S/C26H31Cl2F3N4O4S/c1-2-40(38,39)24-6-5-18(27)8-17(24)12-34-25(37)16-9-22(26(29,30)31)21(23(28)10-16)15-35-7-3-4-19(14-35)33-13-20(36)11-32/h5-6,8-10,19,33H,2-4,7,11-15,32H2,1H3,(H,34,37)/t19-/m0/s1. The molecule has 2 aromatic carbocycles. The smallest absolute Gasteiger partial charge is 0.348 e. The number of nitrogens with two attached hydrogens (primary N) is 1. The molecule has 1 saturated heterocycles. The molecule has 3 rings (SSSR count). The molecule has 0 saturated carbocycles. The number of nitrogens with one attached hydrogen (secondary N) is 2. The Morgan fingerprint density at radius 1 is 1.18 bits per heavy atom. The monoisotopic (exact) mass is 622 g/mol. The number of piperidine rings is 1. The normalized spacial score (nSPS) is 16.6. The first kappa shape index (κ1) is 32.3. The average Bonchev–Trinajstić information content (AvgIpc) is 2.90. The highest BCUT2D eigenvalue weighted by molar-refractivity contribution is 7.91. The van der Waals surface area contributed by atoms with Crippen molar-refractivity contribution in [1.29, 1.82) is 0 Å². The van der Waals surface area contributed by atoms with E-state index in [0.29, 0.717) is 19.5 Å². The number of halogens is 5. The Balaban J connectivity index is 1.81. The molecule has 220 valence electrons. The Morgan fingerprint density at radius 2 is 1.90 bits per heavy atom. The predicted molar refractivity (Wildman–Crippen MR) is 147 cm³/mol. The number of Topliss-reactive ketones (excluding diaryl/α,β-unsaturated/α-hetero) is 1. The van der Waals surface area contributed by atoms with Crippen LogP contribution in [0.4, 0.5) is 13.2 Å². The number of carbonyl (C=O) groups excluding carboxylic acids is 2.